The number of methoxy groups -OCH3 is 1. The fourth-order valence-corrected chi connectivity index (χ4v) is 2.42. The maximum absolute atomic E-state index is 5.39. The maximum Gasteiger partial charge on any atom is 0.124 e. The Morgan fingerprint density at radius 2 is 1.63 bits per heavy atom. The second-order valence-electron chi connectivity index (χ2n) is 5.07. The third kappa shape index (κ3) is 5.62. The Bertz CT molecular complexity index is 354. The number of nitrogens with one attached hydrogen (secondary N) is 2. The van der Waals surface area contributed by atoms with E-state index in [1.54, 1.807) is 7.11 Å². The van der Waals surface area contributed by atoms with Gasteiger partial charge in [0.25, 0.3) is 0 Å². The molecular weight excluding hydrogens is 236 g/mol. The highest BCUT2D eigenvalue weighted by molar-refractivity contribution is 5.43. The molecule has 3 nitrogen and oxygen atoms in total. The van der Waals surface area contributed by atoms with E-state index in [9.17, 15) is 0 Å². The molecule has 108 valence electrons. The van der Waals surface area contributed by atoms with Crippen LogP contribution in [0.4, 0.5) is 0 Å². The first kappa shape index (κ1) is 16.0. The van der Waals surface area contributed by atoms with Gasteiger partial charge in [-0.15, -0.1) is 0 Å². The molecule has 1 aromatic carbocycles. The van der Waals surface area contributed by atoms with E-state index in [1.807, 2.05) is 7.05 Å². The first-order valence-electron chi connectivity index (χ1n) is 7.18. The van der Waals surface area contributed by atoms with Crippen molar-refractivity contribution in [2.75, 3.05) is 33.8 Å². The van der Waals surface area contributed by atoms with Crippen molar-refractivity contribution in [2.24, 2.45) is 0 Å². The topological polar surface area (TPSA) is 33.3 Å². The van der Waals surface area contributed by atoms with Crippen LogP contribution in [0, 0.1) is 13.8 Å². The van der Waals surface area contributed by atoms with Crippen molar-refractivity contribution in [1.82, 2.24) is 10.6 Å². The minimum Gasteiger partial charge on any atom is -0.496 e. The average Bonchev–Trinajstić information content (AvgIpc) is 2.37. The van der Waals surface area contributed by atoms with Crippen LogP contribution in [0.15, 0.2) is 12.1 Å². The molecule has 0 heterocycles. The first-order valence-corrected chi connectivity index (χ1v) is 7.18. The number of hydrogen-bond donors (Lipinski definition) is 2. The molecule has 0 radical (unpaired) electrons. The molecule has 2 N–H and O–H groups in total. The highest BCUT2D eigenvalue weighted by Gasteiger charge is 2.04. The van der Waals surface area contributed by atoms with Gasteiger partial charge in [0.1, 0.15) is 5.75 Å². The van der Waals surface area contributed by atoms with Gasteiger partial charge in [0.2, 0.25) is 0 Å². The van der Waals surface area contributed by atoms with Gasteiger partial charge in [-0.3, -0.25) is 0 Å². The van der Waals surface area contributed by atoms with E-state index in [2.05, 4.69) is 36.6 Å². The highest BCUT2D eigenvalue weighted by Crippen LogP contribution is 2.24. The van der Waals surface area contributed by atoms with Gasteiger partial charge in [-0.05, 0) is 76.5 Å². The number of unbranched alkanes of at least 4 members (excludes halogenated alkanes) is 1. The SMILES string of the molecule is CNCCCCNCCc1cc(C)c(OC)c(C)c1. The predicted octanol–water partition coefficient (Wildman–Crippen LogP) is 2.44. The minimum atomic E-state index is 1.02. The molecule has 0 bridgehead atoms. The summed E-state index contributed by atoms with van der Waals surface area (Å²) in [5.74, 6) is 1.02. The number of aryl methyl sites for hydroxylation is 2. The molecule has 0 amide bonds. The van der Waals surface area contributed by atoms with E-state index in [1.165, 1.54) is 29.5 Å². The van der Waals surface area contributed by atoms with Gasteiger partial charge in [-0.2, -0.15) is 0 Å². The molecule has 0 spiro atoms. The van der Waals surface area contributed by atoms with Crippen LogP contribution in [-0.2, 0) is 6.42 Å². The Kier molecular flexibility index (Phi) is 7.53. The molecule has 0 aliphatic rings. The number of rotatable bonds is 9. The summed E-state index contributed by atoms with van der Waals surface area (Å²) in [4.78, 5) is 0. The summed E-state index contributed by atoms with van der Waals surface area (Å²) in [5, 5.41) is 6.67. The monoisotopic (exact) mass is 264 g/mol. The molecule has 0 aromatic heterocycles. The largest absolute Gasteiger partial charge is 0.496 e. The Morgan fingerprint density at radius 1 is 1.00 bits per heavy atom. The molecule has 0 saturated carbocycles. The zero-order chi connectivity index (χ0) is 14.1. The van der Waals surface area contributed by atoms with E-state index in [-0.39, 0.29) is 0 Å². The van der Waals surface area contributed by atoms with Crippen LogP contribution < -0.4 is 15.4 Å². The number of benzene rings is 1. The summed E-state index contributed by atoms with van der Waals surface area (Å²) >= 11 is 0. The van der Waals surface area contributed by atoms with Crippen molar-refractivity contribution in [3.8, 4) is 5.75 Å². The molecule has 1 aromatic rings. The molecule has 0 saturated heterocycles. The fourth-order valence-electron chi connectivity index (χ4n) is 2.42. The van der Waals surface area contributed by atoms with Crippen LogP contribution in [0.3, 0.4) is 0 Å². The van der Waals surface area contributed by atoms with Crippen molar-refractivity contribution in [3.63, 3.8) is 0 Å². The molecule has 0 aliphatic heterocycles. The van der Waals surface area contributed by atoms with E-state index in [0.717, 1.165) is 31.8 Å². The smallest absolute Gasteiger partial charge is 0.124 e. The second kappa shape index (κ2) is 8.94. The maximum atomic E-state index is 5.39. The standard InChI is InChI=1S/C16H28N2O/c1-13-11-15(12-14(2)16(13)19-4)7-10-18-9-6-5-8-17-3/h11-12,17-18H,5-10H2,1-4H3. The van der Waals surface area contributed by atoms with Crippen LogP contribution in [0.5, 0.6) is 5.75 Å². The van der Waals surface area contributed by atoms with Crippen LogP contribution >= 0.6 is 0 Å². The average molecular weight is 264 g/mol. The third-order valence-corrected chi connectivity index (χ3v) is 3.35. The van der Waals surface area contributed by atoms with E-state index in [0.29, 0.717) is 0 Å². The summed E-state index contributed by atoms with van der Waals surface area (Å²) in [7, 11) is 3.74. The molecule has 0 aliphatic carbocycles. The van der Waals surface area contributed by atoms with Crippen molar-refractivity contribution < 1.29 is 4.74 Å². The summed E-state index contributed by atoms with van der Waals surface area (Å²) in [5.41, 5.74) is 3.84. The molecule has 1 rings (SSSR count). The Labute approximate surface area is 117 Å². The summed E-state index contributed by atoms with van der Waals surface area (Å²) in [6.07, 6.45) is 3.56. The summed E-state index contributed by atoms with van der Waals surface area (Å²) in [6, 6.07) is 4.46. The zero-order valence-corrected chi connectivity index (χ0v) is 12.8. The quantitative estimate of drug-likeness (QED) is 0.672. The fraction of sp³-hybridized carbons (Fsp3) is 0.625. The van der Waals surface area contributed by atoms with Gasteiger partial charge in [0.05, 0.1) is 7.11 Å². The molecule has 3 heteroatoms. The minimum absolute atomic E-state index is 1.02. The lowest BCUT2D eigenvalue weighted by Gasteiger charge is -2.11. The van der Waals surface area contributed by atoms with Gasteiger partial charge in [-0.1, -0.05) is 12.1 Å². The molecule has 0 atom stereocenters. The van der Waals surface area contributed by atoms with Gasteiger partial charge in [0.15, 0.2) is 0 Å². The van der Waals surface area contributed by atoms with Crippen molar-refractivity contribution in [2.45, 2.75) is 33.1 Å². The van der Waals surface area contributed by atoms with E-state index >= 15 is 0 Å². The van der Waals surface area contributed by atoms with Crippen molar-refractivity contribution in [3.05, 3.63) is 28.8 Å². The van der Waals surface area contributed by atoms with E-state index < -0.39 is 0 Å². The number of hydrogen-bond acceptors (Lipinski definition) is 3. The van der Waals surface area contributed by atoms with Crippen molar-refractivity contribution >= 4 is 0 Å². The van der Waals surface area contributed by atoms with Crippen LogP contribution in [0.1, 0.15) is 29.5 Å². The molecule has 0 fully saturated rings. The molecule has 0 unspecified atom stereocenters. The lowest BCUT2D eigenvalue weighted by Crippen LogP contribution is -2.19. The normalized spacial score (nSPS) is 10.7. The van der Waals surface area contributed by atoms with Gasteiger partial charge < -0.3 is 15.4 Å². The van der Waals surface area contributed by atoms with Crippen LogP contribution in [0.25, 0.3) is 0 Å². The first-order chi connectivity index (χ1) is 9.19. The van der Waals surface area contributed by atoms with Gasteiger partial charge in [-0.25, -0.2) is 0 Å². The Morgan fingerprint density at radius 3 is 2.21 bits per heavy atom. The second-order valence-corrected chi connectivity index (χ2v) is 5.07. The summed E-state index contributed by atoms with van der Waals surface area (Å²) < 4.78 is 5.39. The Hall–Kier alpha value is -1.06. The third-order valence-electron chi connectivity index (χ3n) is 3.35. The zero-order valence-electron chi connectivity index (χ0n) is 12.8. The number of ether oxygens (including phenoxy) is 1. The van der Waals surface area contributed by atoms with Gasteiger partial charge in [0, 0.05) is 0 Å². The molecule has 19 heavy (non-hydrogen) atoms. The van der Waals surface area contributed by atoms with Crippen LogP contribution in [0.2, 0.25) is 0 Å². The predicted molar refractivity (Wildman–Crippen MR) is 82.2 cm³/mol. The van der Waals surface area contributed by atoms with Gasteiger partial charge >= 0.3 is 0 Å². The Balaban J connectivity index is 2.30. The highest BCUT2D eigenvalue weighted by atomic mass is 16.5. The lowest BCUT2D eigenvalue weighted by atomic mass is 10.0. The van der Waals surface area contributed by atoms with Crippen LogP contribution in [-0.4, -0.2) is 33.8 Å². The van der Waals surface area contributed by atoms with E-state index in [4.69, 9.17) is 4.74 Å². The molecular formula is C16H28N2O. The van der Waals surface area contributed by atoms with Crippen molar-refractivity contribution in [1.29, 1.82) is 0 Å². The summed E-state index contributed by atoms with van der Waals surface area (Å²) in [6.45, 7) is 7.49. The lowest BCUT2D eigenvalue weighted by molar-refractivity contribution is 0.408.